The van der Waals surface area contributed by atoms with E-state index in [1.165, 1.54) is 24.0 Å². The predicted octanol–water partition coefficient (Wildman–Crippen LogP) is 5.73. The minimum absolute atomic E-state index is 0.251. The second-order valence-electron chi connectivity index (χ2n) is 6.82. The van der Waals surface area contributed by atoms with E-state index in [1.807, 2.05) is 0 Å². The summed E-state index contributed by atoms with van der Waals surface area (Å²) in [6.07, 6.45) is 3.69. The van der Waals surface area contributed by atoms with Crippen molar-refractivity contribution in [1.29, 1.82) is 0 Å². The van der Waals surface area contributed by atoms with Crippen molar-refractivity contribution in [3.63, 3.8) is 0 Å². The van der Waals surface area contributed by atoms with E-state index in [-0.39, 0.29) is 5.41 Å². The molecule has 0 saturated heterocycles. The van der Waals surface area contributed by atoms with Crippen molar-refractivity contribution >= 4 is 15.9 Å². The Bertz CT molecular complexity index is 358. The Morgan fingerprint density at radius 1 is 1.00 bits per heavy atom. The topological polar surface area (TPSA) is 0 Å². The molecule has 0 amide bonds. The minimum Gasteiger partial charge on any atom is -0.0922 e. The second kappa shape index (κ2) is 6.23. The summed E-state index contributed by atoms with van der Waals surface area (Å²) in [7, 11) is 0. The van der Waals surface area contributed by atoms with Gasteiger partial charge in [0.05, 0.1) is 0 Å². The smallest absolute Gasteiger partial charge is 0.00885 e. The molecule has 1 rings (SSSR count). The summed E-state index contributed by atoms with van der Waals surface area (Å²) >= 11 is 3.68. The standard InChI is InChI=1S/C17H27Br/c1-6-11-17(5,13-18)12-14-7-9-15(10-8-14)16(2,3)4/h7-10H,6,11-13H2,1-5H3. The van der Waals surface area contributed by atoms with Crippen LogP contribution in [0.15, 0.2) is 24.3 Å². The van der Waals surface area contributed by atoms with Crippen LogP contribution in [0.3, 0.4) is 0 Å². The molecule has 0 aliphatic heterocycles. The van der Waals surface area contributed by atoms with E-state index in [1.54, 1.807) is 0 Å². The van der Waals surface area contributed by atoms with E-state index in [0.29, 0.717) is 5.41 Å². The third-order valence-corrected chi connectivity index (χ3v) is 4.98. The molecule has 0 N–H and O–H groups in total. The Balaban J connectivity index is 2.80. The zero-order chi connectivity index (χ0) is 13.8. The van der Waals surface area contributed by atoms with Gasteiger partial charge in [0.2, 0.25) is 0 Å². The Hall–Kier alpha value is -0.300. The van der Waals surface area contributed by atoms with Crippen LogP contribution in [0, 0.1) is 5.41 Å². The van der Waals surface area contributed by atoms with E-state index < -0.39 is 0 Å². The van der Waals surface area contributed by atoms with Crippen LogP contribution in [0.5, 0.6) is 0 Å². The fourth-order valence-electron chi connectivity index (χ4n) is 2.42. The lowest BCUT2D eigenvalue weighted by molar-refractivity contribution is 0.340. The summed E-state index contributed by atoms with van der Waals surface area (Å²) in [5, 5.41) is 1.08. The van der Waals surface area contributed by atoms with Crippen LogP contribution in [0.25, 0.3) is 0 Å². The highest BCUT2D eigenvalue weighted by atomic mass is 79.9. The molecular weight excluding hydrogens is 284 g/mol. The van der Waals surface area contributed by atoms with Gasteiger partial charge >= 0.3 is 0 Å². The number of hydrogen-bond donors (Lipinski definition) is 0. The number of benzene rings is 1. The number of rotatable bonds is 5. The Labute approximate surface area is 121 Å². The van der Waals surface area contributed by atoms with Gasteiger partial charge in [-0.15, -0.1) is 0 Å². The predicted molar refractivity (Wildman–Crippen MR) is 85.7 cm³/mol. The van der Waals surface area contributed by atoms with E-state index in [4.69, 9.17) is 0 Å². The lowest BCUT2D eigenvalue weighted by atomic mass is 9.80. The van der Waals surface area contributed by atoms with Crippen molar-refractivity contribution in [3.05, 3.63) is 35.4 Å². The molecule has 0 fully saturated rings. The first-order valence-corrected chi connectivity index (χ1v) is 8.08. The summed E-state index contributed by atoms with van der Waals surface area (Å²) in [5.41, 5.74) is 3.51. The summed E-state index contributed by atoms with van der Waals surface area (Å²) in [4.78, 5) is 0. The average Bonchev–Trinajstić information content (AvgIpc) is 2.29. The first-order chi connectivity index (χ1) is 8.30. The molecule has 1 aromatic carbocycles. The molecule has 1 unspecified atom stereocenters. The van der Waals surface area contributed by atoms with Crippen LogP contribution in [0.4, 0.5) is 0 Å². The summed E-state index contributed by atoms with van der Waals surface area (Å²) in [6.45, 7) is 11.4. The maximum Gasteiger partial charge on any atom is 0.00885 e. The lowest BCUT2D eigenvalue weighted by Crippen LogP contribution is -2.21. The van der Waals surface area contributed by atoms with Gasteiger partial charge in [-0.1, -0.05) is 81.2 Å². The molecule has 0 aliphatic rings. The van der Waals surface area contributed by atoms with Crippen LogP contribution < -0.4 is 0 Å². The number of halogens is 1. The Kier molecular flexibility index (Phi) is 5.46. The third kappa shape index (κ3) is 4.42. The SMILES string of the molecule is CCCC(C)(CBr)Cc1ccc(C(C)(C)C)cc1. The minimum atomic E-state index is 0.251. The van der Waals surface area contributed by atoms with Crippen LogP contribution in [0.2, 0.25) is 0 Å². The van der Waals surface area contributed by atoms with E-state index in [2.05, 4.69) is 74.8 Å². The van der Waals surface area contributed by atoms with Crippen LogP contribution in [0.1, 0.15) is 58.6 Å². The Morgan fingerprint density at radius 2 is 1.56 bits per heavy atom. The molecule has 0 aliphatic carbocycles. The molecule has 0 aromatic heterocycles. The highest BCUT2D eigenvalue weighted by Crippen LogP contribution is 2.31. The molecule has 0 radical (unpaired) electrons. The molecular formula is C17H27Br. The summed E-state index contributed by atoms with van der Waals surface area (Å²) in [6, 6.07) is 9.18. The van der Waals surface area contributed by atoms with Gasteiger partial charge in [0.25, 0.3) is 0 Å². The highest BCUT2D eigenvalue weighted by Gasteiger charge is 2.22. The quantitative estimate of drug-likeness (QED) is 0.609. The van der Waals surface area contributed by atoms with Crippen LogP contribution in [-0.4, -0.2) is 5.33 Å². The zero-order valence-electron chi connectivity index (χ0n) is 12.5. The van der Waals surface area contributed by atoms with Crippen LogP contribution >= 0.6 is 15.9 Å². The Morgan fingerprint density at radius 3 is 1.94 bits per heavy atom. The van der Waals surface area contributed by atoms with Crippen molar-refractivity contribution in [1.82, 2.24) is 0 Å². The van der Waals surface area contributed by atoms with Crippen molar-refractivity contribution in [2.75, 3.05) is 5.33 Å². The van der Waals surface area contributed by atoms with Gasteiger partial charge in [-0.25, -0.2) is 0 Å². The van der Waals surface area contributed by atoms with E-state index in [9.17, 15) is 0 Å². The number of alkyl halides is 1. The third-order valence-electron chi connectivity index (χ3n) is 3.63. The summed E-state index contributed by atoms with van der Waals surface area (Å²) in [5.74, 6) is 0. The molecule has 1 aromatic rings. The van der Waals surface area contributed by atoms with E-state index in [0.717, 1.165) is 11.8 Å². The van der Waals surface area contributed by atoms with Crippen LogP contribution in [-0.2, 0) is 11.8 Å². The summed E-state index contributed by atoms with van der Waals surface area (Å²) < 4.78 is 0. The molecule has 102 valence electrons. The molecule has 1 atom stereocenters. The normalized spacial score (nSPS) is 15.4. The molecule has 0 spiro atoms. The van der Waals surface area contributed by atoms with E-state index >= 15 is 0 Å². The van der Waals surface area contributed by atoms with Crippen molar-refractivity contribution in [3.8, 4) is 0 Å². The fourth-order valence-corrected chi connectivity index (χ4v) is 2.90. The van der Waals surface area contributed by atoms with Crippen molar-refractivity contribution in [2.45, 2.75) is 59.3 Å². The first kappa shape index (κ1) is 15.8. The molecule has 0 heterocycles. The molecule has 18 heavy (non-hydrogen) atoms. The maximum absolute atomic E-state index is 3.68. The second-order valence-corrected chi connectivity index (χ2v) is 7.38. The molecule has 1 heteroatoms. The monoisotopic (exact) mass is 310 g/mol. The van der Waals surface area contributed by atoms with Gasteiger partial charge in [-0.3, -0.25) is 0 Å². The molecule has 0 saturated carbocycles. The average molecular weight is 311 g/mol. The maximum atomic E-state index is 3.68. The van der Waals surface area contributed by atoms with Gasteiger partial charge < -0.3 is 0 Å². The number of hydrogen-bond acceptors (Lipinski definition) is 0. The van der Waals surface area contributed by atoms with Crippen molar-refractivity contribution < 1.29 is 0 Å². The van der Waals surface area contributed by atoms with Gasteiger partial charge in [-0.05, 0) is 34.8 Å². The van der Waals surface area contributed by atoms with Gasteiger partial charge in [0.1, 0.15) is 0 Å². The van der Waals surface area contributed by atoms with Gasteiger partial charge in [0, 0.05) is 5.33 Å². The largest absolute Gasteiger partial charge is 0.0922 e. The van der Waals surface area contributed by atoms with Gasteiger partial charge in [0.15, 0.2) is 0 Å². The van der Waals surface area contributed by atoms with Gasteiger partial charge in [-0.2, -0.15) is 0 Å². The lowest BCUT2D eigenvalue weighted by Gasteiger charge is -2.27. The molecule has 0 nitrogen and oxygen atoms in total. The first-order valence-electron chi connectivity index (χ1n) is 6.96. The zero-order valence-corrected chi connectivity index (χ0v) is 14.1. The molecule has 0 bridgehead atoms. The van der Waals surface area contributed by atoms with Crippen molar-refractivity contribution in [2.24, 2.45) is 5.41 Å². The fraction of sp³-hybridized carbons (Fsp3) is 0.647. The highest BCUT2D eigenvalue weighted by molar-refractivity contribution is 9.09.